The minimum atomic E-state index is -3.02. The van der Waals surface area contributed by atoms with Crippen molar-refractivity contribution in [1.82, 2.24) is 0 Å². The van der Waals surface area contributed by atoms with Gasteiger partial charge in [0.1, 0.15) is 5.82 Å². The molecule has 6 heteroatoms. The maximum atomic E-state index is 13.8. The molecule has 1 aromatic carbocycles. The number of rotatable bonds is 3. The molecule has 0 amide bonds. The summed E-state index contributed by atoms with van der Waals surface area (Å²) < 4.78 is 37.6. The Kier molecular flexibility index (Phi) is 3.80. The SMILES string of the molecule is NCC1(Cc2ccc(Br)cc2F)CCS(=O)(=O)C1. The predicted molar refractivity (Wildman–Crippen MR) is 72.6 cm³/mol. The smallest absolute Gasteiger partial charge is 0.150 e. The minimum absolute atomic E-state index is 0.0615. The van der Waals surface area contributed by atoms with Crippen molar-refractivity contribution in [3.05, 3.63) is 34.1 Å². The number of sulfone groups is 1. The highest BCUT2D eigenvalue weighted by Gasteiger charge is 2.41. The molecule has 3 nitrogen and oxygen atoms in total. The molecular formula is C12H15BrFNO2S. The van der Waals surface area contributed by atoms with E-state index in [9.17, 15) is 12.8 Å². The molecule has 2 rings (SSSR count). The maximum absolute atomic E-state index is 13.8. The van der Waals surface area contributed by atoms with Crippen LogP contribution in [-0.2, 0) is 16.3 Å². The molecule has 0 saturated carbocycles. The number of halogens is 2. The minimum Gasteiger partial charge on any atom is -0.330 e. The van der Waals surface area contributed by atoms with E-state index in [0.29, 0.717) is 22.9 Å². The predicted octanol–water partition coefficient (Wildman–Crippen LogP) is 1.89. The second-order valence-electron chi connectivity index (χ2n) is 4.96. The van der Waals surface area contributed by atoms with E-state index in [1.807, 2.05) is 0 Å². The fourth-order valence-corrected chi connectivity index (χ4v) is 4.94. The van der Waals surface area contributed by atoms with Crippen molar-refractivity contribution < 1.29 is 12.8 Å². The highest BCUT2D eigenvalue weighted by molar-refractivity contribution is 9.10. The first-order valence-corrected chi connectivity index (χ1v) is 8.32. The third-order valence-corrected chi connectivity index (χ3v) is 5.85. The van der Waals surface area contributed by atoms with Crippen molar-refractivity contribution in [1.29, 1.82) is 0 Å². The molecule has 100 valence electrons. The topological polar surface area (TPSA) is 60.2 Å². The molecule has 0 radical (unpaired) electrons. The van der Waals surface area contributed by atoms with Crippen LogP contribution in [0, 0.1) is 11.2 Å². The summed E-state index contributed by atoms with van der Waals surface area (Å²) in [7, 11) is -3.02. The molecule has 0 bridgehead atoms. The van der Waals surface area contributed by atoms with Gasteiger partial charge in [0.15, 0.2) is 9.84 Å². The van der Waals surface area contributed by atoms with Gasteiger partial charge in [0.25, 0.3) is 0 Å². The van der Waals surface area contributed by atoms with Crippen LogP contribution >= 0.6 is 15.9 Å². The zero-order valence-corrected chi connectivity index (χ0v) is 12.2. The molecule has 0 aliphatic carbocycles. The quantitative estimate of drug-likeness (QED) is 0.917. The first kappa shape index (κ1) is 14.0. The first-order chi connectivity index (χ1) is 8.36. The molecule has 2 N–H and O–H groups in total. The summed E-state index contributed by atoms with van der Waals surface area (Å²) in [4.78, 5) is 0. The van der Waals surface area contributed by atoms with E-state index < -0.39 is 15.3 Å². The first-order valence-electron chi connectivity index (χ1n) is 5.70. The van der Waals surface area contributed by atoms with E-state index in [4.69, 9.17) is 5.73 Å². The third-order valence-electron chi connectivity index (χ3n) is 3.48. The zero-order valence-electron chi connectivity index (χ0n) is 9.83. The van der Waals surface area contributed by atoms with E-state index in [0.717, 1.165) is 0 Å². The van der Waals surface area contributed by atoms with Gasteiger partial charge >= 0.3 is 0 Å². The molecule has 1 aromatic rings. The molecule has 0 spiro atoms. The highest BCUT2D eigenvalue weighted by atomic mass is 79.9. The van der Waals surface area contributed by atoms with Crippen LogP contribution in [0.1, 0.15) is 12.0 Å². The lowest BCUT2D eigenvalue weighted by atomic mass is 9.81. The van der Waals surface area contributed by atoms with Crippen molar-refractivity contribution in [3.63, 3.8) is 0 Å². The second kappa shape index (κ2) is 4.90. The van der Waals surface area contributed by atoms with Crippen molar-refractivity contribution >= 4 is 25.8 Å². The lowest BCUT2D eigenvalue weighted by Crippen LogP contribution is -2.34. The van der Waals surface area contributed by atoms with Gasteiger partial charge in [-0.15, -0.1) is 0 Å². The molecule has 1 heterocycles. The number of nitrogens with two attached hydrogens (primary N) is 1. The molecule has 0 aromatic heterocycles. The van der Waals surface area contributed by atoms with Gasteiger partial charge in [-0.1, -0.05) is 22.0 Å². The van der Waals surface area contributed by atoms with Crippen LogP contribution in [0.2, 0.25) is 0 Å². The molecular weight excluding hydrogens is 321 g/mol. The standard InChI is InChI=1S/C12H15BrFNO2S/c13-10-2-1-9(11(14)5-10)6-12(7-15)3-4-18(16,17)8-12/h1-2,5H,3-4,6-8,15H2. The van der Waals surface area contributed by atoms with Gasteiger partial charge in [0.2, 0.25) is 0 Å². The number of hydrogen-bond acceptors (Lipinski definition) is 3. The average molecular weight is 336 g/mol. The van der Waals surface area contributed by atoms with Crippen molar-refractivity contribution in [3.8, 4) is 0 Å². The van der Waals surface area contributed by atoms with Crippen molar-refractivity contribution in [2.24, 2.45) is 11.1 Å². The van der Waals surface area contributed by atoms with Crippen LogP contribution in [0.15, 0.2) is 22.7 Å². The molecule has 1 aliphatic rings. The summed E-state index contributed by atoms with van der Waals surface area (Å²) in [5.74, 6) is -0.101. The fourth-order valence-electron chi connectivity index (χ4n) is 2.42. The largest absolute Gasteiger partial charge is 0.330 e. The van der Waals surface area contributed by atoms with Gasteiger partial charge in [-0.3, -0.25) is 0 Å². The summed E-state index contributed by atoms with van der Waals surface area (Å²) in [6.45, 7) is 0.266. The normalized spacial score (nSPS) is 26.4. The van der Waals surface area contributed by atoms with E-state index in [1.54, 1.807) is 12.1 Å². The van der Waals surface area contributed by atoms with Crippen LogP contribution in [0.5, 0.6) is 0 Å². The molecule has 18 heavy (non-hydrogen) atoms. The summed E-state index contributed by atoms with van der Waals surface area (Å²) in [6, 6.07) is 4.83. The van der Waals surface area contributed by atoms with Gasteiger partial charge in [-0.05, 0) is 37.1 Å². The van der Waals surface area contributed by atoms with E-state index in [1.165, 1.54) is 6.07 Å². The lowest BCUT2D eigenvalue weighted by Gasteiger charge is -2.26. The van der Waals surface area contributed by atoms with Crippen LogP contribution in [-0.4, -0.2) is 26.5 Å². The second-order valence-corrected chi connectivity index (χ2v) is 8.06. The Morgan fingerprint density at radius 1 is 1.44 bits per heavy atom. The van der Waals surface area contributed by atoms with Crippen LogP contribution < -0.4 is 5.73 Å². The molecule has 1 saturated heterocycles. The summed E-state index contributed by atoms with van der Waals surface area (Å²) in [6.07, 6.45) is 0.892. The third kappa shape index (κ3) is 2.92. The van der Waals surface area contributed by atoms with Gasteiger partial charge < -0.3 is 5.73 Å². The Bertz CT molecular complexity index is 561. The maximum Gasteiger partial charge on any atom is 0.150 e. The van der Waals surface area contributed by atoms with Crippen LogP contribution in [0.3, 0.4) is 0 Å². The molecule has 1 atom stereocenters. The molecule has 1 unspecified atom stereocenters. The van der Waals surface area contributed by atoms with Gasteiger partial charge in [-0.25, -0.2) is 12.8 Å². The Balaban J connectivity index is 2.26. The monoisotopic (exact) mass is 335 g/mol. The Morgan fingerprint density at radius 3 is 2.67 bits per heavy atom. The number of hydrogen-bond donors (Lipinski definition) is 1. The van der Waals surface area contributed by atoms with Crippen molar-refractivity contribution in [2.75, 3.05) is 18.1 Å². The Labute approximate surface area is 115 Å². The van der Waals surface area contributed by atoms with Crippen molar-refractivity contribution in [2.45, 2.75) is 12.8 Å². The van der Waals surface area contributed by atoms with E-state index in [-0.39, 0.29) is 23.9 Å². The highest BCUT2D eigenvalue weighted by Crippen LogP contribution is 2.35. The summed E-state index contributed by atoms with van der Waals surface area (Å²) in [5.41, 5.74) is 5.74. The van der Waals surface area contributed by atoms with Gasteiger partial charge in [0.05, 0.1) is 11.5 Å². The van der Waals surface area contributed by atoms with Gasteiger partial charge in [-0.2, -0.15) is 0 Å². The molecule has 1 fully saturated rings. The summed E-state index contributed by atoms with van der Waals surface area (Å²) >= 11 is 3.20. The lowest BCUT2D eigenvalue weighted by molar-refractivity contribution is 0.339. The Hall–Kier alpha value is -0.460. The summed E-state index contributed by atoms with van der Waals surface area (Å²) in [5, 5.41) is 0. The fraction of sp³-hybridized carbons (Fsp3) is 0.500. The zero-order chi connectivity index (χ0) is 13.4. The van der Waals surface area contributed by atoms with Crippen LogP contribution in [0.4, 0.5) is 4.39 Å². The average Bonchev–Trinajstić information content (AvgIpc) is 2.59. The Morgan fingerprint density at radius 2 is 2.17 bits per heavy atom. The van der Waals surface area contributed by atoms with Gasteiger partial charge in [0, 0.05) is 9.89 Å². The van der Waals surface area contributed by atoms with E-state index >= 15 is 0 Å². The van der Waals surface area contributed by atoms with E-state index in [2.05, 4.69) is 15.9 Å². The number of benzene rings is 1. The van der Waals surface area contributed by atoms with Crippen LogP contribution in [0.25, 0.3) is 0 Å². The molecule has 1 aliphatic heterocycles.